The second kappa shape index (κ2) is 13.0. The number of anilines is 1. The number of halogens is 7. The van der Waals surface area contributed by atoms with Crippen molar-refractivity contribution in [3.05, 3.63) is 59.2 Å². The molecule has 0 radical (unpaired) electrons. The number of nitrogens with zero attached hydrogens (tertiary/aromatic N) is 3. The van der Waals surface area contributed by atoms with Gasteiger partial charge in [0, 0.05) is 36.4 Å². The summed E-state index contributed by atoms with van der Waals surface area (Å²) in [5.74, 6) is -5.58. The first-order valence-electron chi connectivity index (χ1n) is 12.9. The van der Waals surface area contributed by atoms with E-state index in [1.807, 2.05) is 4.90 Å². The van der Waals surface area contributed by atoms with Gasteiger partial charge in [0.05, 0.1) is 12.0 Å². The number of pyridine rings is 1. The molecular formula is C27H29ClF6N4OS. The van der Waals surface area contributed by atoms with Gasteiger partial charge in [0.25, 0.3) is 0 Å². The minimum absolute atomic E-state index is 0.0588. The molecule has 1 unspecified atom stereocenters. The maximum Gasteiger partial charge on any atom is 0.433 e. The number of carbonyl (C=O) groups excluding carboxylic acids is 1. The quantitative estimate of drug-likeness (QED) is 0.0901. The van der Waals surface area contributed by atoms with Crippen LogP contribution < -0.4 is 10.2 Å². The van der Waals surface area contributed by atoms with Crippen LogP contribution in [0.15, 0.2) is 35.5 Å². The van der Waals surface area contributed by atoms with E-state index in [9.17, 15) is 31.1 Å². The highest BCUT2D eigenvalue weighted by Gasteiger charge is 2.43. The molecule has 0 spiro atoms. The number of thioether (sulfide) groups is 1. The van der Waals surface area contributed by atoms with Crippen molar-refractivity contribution in [3.63, 3.8) is 0 Å². The van der Waals surface area contributed by atoms with Gasteiger partial charge in [-0.3, -0.25) is 14.8 Å². The Balaban J connectivity index is 1.50. The van der Waals surface area contributed by atoms with Gasteiger partial charge in [-0.2, -0.15) is 13.2 Å². The summed E-state index contributed by atoms with van der Waals surface area (Å²) in [5.41, 5.74) is -0.730. The summed E-state index contributed by atoms with van der Waals surface area (Å²) in [6.45, 7) is 1.01. The molecule has 5 nitrogen and oxygen atoms in total. The number of fused-ring (bicyclic) bond motifs is 2. The summed E-state index contributed by atoms with van der Waals surface area (Å²) in [6, 6.07) is 4.34. The molecule has 1 saturated carbocycles. The highest BCUT2D eigenvalue weighted by Crippen LogP contribution is 2.41. The predicted molar refractivity (Wildman–Crippen MR) is 144 cm³/mol. The molecule has 2 bridgehead atoms. The number of aliphatic imine (C=N–C) groups is 1. The number of nitrogens with one attached hydrogen (secondary N) is 1. The molecule has 4 rings (SSSR count). The Bertz CT molecular complexity index is 1230. The van der Waals surface area contributed by atoms with E-state index in [1.165, 1.54) is 11.8 Å². The van der Waals surface area contributed by atoms with E-state index in [0.717, 1.165) is 37.2 Å². The Morgan fingerprint density at radius 3 is 2.48 bits per heavy atom. The molecule has 1 aliphatic heterocycles. The Kier molecular flexibility index (Phi) is 9.92. The molecule has 40 heavy (non-hydrogen) atoms. The van der Waals surface area contributed by atoms with E-state index in [0.29, 0.717) is 42.7 Å². The van der Waals surface area contributed by atoms with Gasteiger partial charge in [-0.15, -0.1) is 11.6 Å². The normalized spacial score (nSPS) is 21.9. The van der Waals surface area contributed by atoms with Gasteiger partial charge in [0.1, 0.15) is 5.69 Å². The van der Waals surface area contributed by atoms with Crippen LogP contribution in [0.5, 0.6) is 0 Å². The number of amides is 1. The molecule has 2 heterocycles. The van der Waals surface area contributed by atoms with Gasteiger partial charge < -0.3 is 10.2 Å². The third-order valence-corrected chi connectivity index (χ3v) is 8.37. The molecule has 1 N–H and O–H groups in total. The smallest absolute Gasteiger partial charge is 0.371 e. The molecule has 1 aromatic heterocycles. The molecular weight excluding hydrogens is 578 g/mol. The summed E-state index contributed by atoms with van der Waals surface area (Å²) in [6.07, 6.45) is 1.23. The Morgan fingerprint density at radius 2 is 1.85 bits per heavy atom. The molecule has 1 saturated heterocycles. The SMILES string of the molecule is CS/C(=N\[C@H]1[C@@H]2CC[C@H]1CN(c1ccnc(C(F)(F)F)c1)C2)NC(=O)C(CCCCCl)c1ccc(F)c(F)c1F. The van der Waals surface area contributed by atoms with Gasteiger partial charge >= 0.3 is 6.18 Å². The minimum atomic E-state index is -4.53. The maximum atomic E-state index is 14.6. The summed E-state index contributed by atoms with van der Waals surface area (Å²) < 4.78 is 81.6. The number of unbranched alkanes of at least 4 members (excludes halogenated alkanes) is 1. The average Bonchev–Trinajstić information content (AvgIpc) is 3.14. The highest BCUT2D eigenvalue weighted by atomic mass is 35.5. The van der Waals surface area contributed by atoms with Crippen molar-refractivity contribution < 1.29 is 31.1 Å². The molecule has 1 amide bonds. The van der Waals surface area contributed by atoms with Crippen LogP contribution in [-0.4, -0.2) is 47.3 Å². The zero-order valence-electron chi connectivity index (χ0n) is 21.7. The van der Waals surface area contributed by atoms with Crippen molar-refractivity contribution in [1.82, 2.24) is 10.3 Å². The fourth-order valence-electron chi connectivity index (χ4n) is 5.53. The fraction of sp³-hybridized carbons (Fsp3) is 0.519. The van der Waals surface area contributed by atoms with Gasteiger partial charge in [-0.1, -0.05) is 24.2 Å². The van der Waals surface area contributed by atoms with Crippen LogP contribution in [-0.2, 0) is 11.0 Å². The molecule has 2 aliphatic rings. The third kappa shape index (κ3) is 6.87. The molecule has 4 atom stereocenters. The van der Waals surface area contributed by atoms with E-state index in [1.54, 1.807) is 12.3 Å². The molecule has 2 aromatic rings. The molecule has 1 aliphatic carbocycles. The average molecular weight is 607 g/mol. The van der Waals surface area contributed by atoms with Crippen LogP contribution in [0.3, 0.4) is 0 Å². The molecule has 13 heteroatoms. The third-order valence-electron chi connectivity index (χ3n) is 7.51. The van der Waals surface area contributed by atoms with Gasteiger partial charge in [0.2, 0.25) is 5.91 Å². The number of hydrogen-bond acceptors (Lipinski definition) is 5. The first-order chi connectivity index (χ1) is 19.0. The van der Waals surface area contributed by atoms with Crippen molar-refractivity contribution in [1.29, 1.82) is 0 Å². The highest BCUT2D eigenvalue weighted by molar-refractivity contribution is 8.13. The largest absolute Gasteiger partial charge is 0.433 e. The van der Waals surface area contributed by atoms with Crippen molar-refractivity contribution in [2.75, 3.05) is 30.1 Å². The van der Waals surface area contributed by atoms with Crippen molar-refractivity contribution in [2.45, 2.75) is 50.2 Å². The Labute approximate surface area is 237 Å². The van der Waals surface area contributed by atoms with Crippen LogP contribution in [0.2, 0.25) is 0 Å². The van der Waals surface area contributed by atoms with Crippen LogP contribution in [0.25, 0.3) is 0 Å². The first-order valence-corrected chi connectivity index (χ1v) is 14.7. The van der Waals surface area contributed by atoms with Crippen LogP contribution in [0.1, 0.15) is 49.3 Å². The topological polar surface area (TPSA) is 57.6 Å². The van der Waals surface area contributed by atoms with E-state index >= 15 is 0 Å². The molecule has 2 fully saturated rings. The number of amidine groups is 1. The zero-order chi connectivity index (χ0) is 29.0. The number of carbonyl (C=O) groups is 1. The Hall–Kier alpha value is -2.47. The predicted octanol–water partition coefficient (Wildman–Crippen LogP) is 6.76. The number of piperidine rings is 1. The van der Waals surface area contributed by atoms with Crippen molar-refractivity contribution >= 4 is 40.1 Å². The summed E-state index contributed by atoms with van der Waals surface area (Å²) in [4.78, 5) is 23.5. The summed E-state index contributed by atoms with van der Waals surface area (Å²) >= 11 is 6.95. The second-order valence-electron chi connectivity index (χ2n) is 10.0. The van der Waals surface area contributed by atoms with E-state index in [2.05, 4.69) is 10.3 Å². The van der Waals surface area contributed by atoms with Crippen LogP contribution >= 0.6 is 23.4 Å². The monoisotopic (exact) mass is 606 g/mol. The number of alkyl halides is 4. The van der Waals surface area contributed by atoms with E-state index in [-0.39, 0.29) is 29.9 Å². The summed E-state index contributed by atoms with van der Waals surface area (Å²) in [5, 5.41) is 3.06. The van der Waals surface area contributed by atoms with Crippen LogP contribution in [0.4, 0.5) is 32.0 Å². The standard InChI is InChI=1S/C27H29ClF6N4OS/c1-40-26(37-25(39)19(4-2-3-10-28)18-7-8-20(29)23(31)22(18)30)36-24-15-5-6-16(24)14-38(13-15)17-9-11-35-21(12-17)27(32,33)34/h7-9,11-12,15-16,19,24H,2-6,10,13-14H2,1H3,(H,36,37,39)/t15-,16+,19?,24+. The lowest BCUT2D eigenvalue weighted by atomic mass is 9.92. The van der Waals surface area contributed by atoms with Gasteiger partial charge in [0.15, 0.2) is 22.6 Å². The lowest BCUT2D eigenvalue weighted by molar-refractivity contribution is -0.141. The maximum absolute atomic E-state index is 14.6. The summed E-state index contributed by atoms with van der Waals surface area (Å²) in [7, 11) is 0. The number of aromatic nitrogens is 1. The minimum Gasteiger partial charge on any atom is -0.371 e. The number of rotatable bonds is 8. The van der Waals surface area contributed by atoms with E-state index in [4.69, 9.17) is 16.6 Å². The first kappa shape index (κ1) is 30.5. The zero-order valence-corrected chi connectivity index (χ0v) is 23.2. The molecule has 218 valence electrons. The number of benzene rings is 1. The number of hydrogen-bond donors (Lipinski definition) is 1. The van der Waals surface area contributed by atoms with Crippen LogP contribution in [0, 0.1) is 29.3 Å². The van der Waals surface area contributed by atoms with Gasteiger partial charge in [-0.25, -0.2) is 13.2 Å². The van der Waals surface area contributed by atoms with E-state index < -0.39 is 41.1 Å². The van der Waals surface area contributed by atoms with Crippen molar-refractivity contribution in [3.8, 4) is 0 Å². The van der Waals surface area contributed by atoms with Gasteiger partial charge in [-0.05, 0) is 62.0 Å². The fourth-order valence-corrected chi connectivity index (χ4v) is 6.15. The molecule has 1 aromatic carbocycles. The lowest BCUT2D eigenvalue weighted by Gasteiger charge is -2.38. The van der Waals surface area contributed by atoms with Crippen molar-refractivity contribution in [2.24, 2.45) is 16.8 Å². The lowest BCUT2D eigenvalue weighted by Crippen LogP contribution is -2.45. The second-order valence-corrected chi connectivity index (χ2v) is 11.2. The Morgan fingerprint density at radius 1 is 1.15 bits per heavy atom.